The van der Waals surface area contributed by atoms with Gasteiger partial charge in [-0.15, -0.1) is 16.7 Å². The molecule has 1 unspecified atom stereocenters. The zero-order valence-electron chi connectivity index (χ0n) is 28.8. The molecule has 0 saturated carbocycles. The molecule has 0 bridgehead atoms. The fraction of sp³-hybridized carbons (Fsp3) is 0.146. The zero-order valence-corrected chi connectivity index (χ0v) is 37.2. The van der Waals surface area contributed by atoms with Crippen LogP contribution in [0.2, 0.25) is 0 Å². The van der Waals surface area contributed by atoms with Gasteiger partial charge in [-0.1, -0.05) is 90.6 Å². The molecule has 1 atom stereocenters. The van der Waals surface area contributed by atoms with Crippen molar-refractivity contribution in [3.63, 3.8) is 0 Å². The second-order valence-electron chi connectivity index (χ2n) is 11.6. The maximum atomic E-state index is 11.5. The van der Waals surface area contributed by atoms with E-state index in [-0.39, 0.29) is 76.2 Å². The van der Waals surface area contributed by atoms with E-state index in [1.54, 1.807) is 26.2 Å². The SMILES string of the molecule is COc1c(C)cc(C(=C(Cl)Cl)c2ccc([N+](=O)[O-])c(C)c2)cc1C(c1[c-]c(C)cc(C(=C(Cl)Cl)c2cc[c-]c(C)c2)c1)c1ccccc1.[CH3-].[Mn].[U+2]. The molecular formula is C41H34Cl4MnNO3U-. The Morgan fingerprint density at radius 1 is 0.745 bits per heavy atom. The first-order chi connectivity index (χ1) is 22.9. The molecule has 0 saturated heterocycles. The molecule has 0 aliphatic carbocycles. The van der Waals surface area contributed by atoms with Crippen LogP contribution in [0.5, 0.6) is 5.75 Å². The molecule has 4 nitrogen and oxygen atoms in total. The Bertz CT molecular complexity index is 2090. The van der Waals surface area contributed by atoms with Crippen LogP contribution in [0, 0.1) is 88.5 Å². The van der Waals surface area contributed by atoms with Gasteiger partial charge in [-0.3, -0.25) is 10.1 Å². The molecule has 10 heteroatoms. The molecule has 0 fully saturated rings. The van der Waals surface area contributed by atoms with E-state index in [1.165, 1.54) is 6.07 Å². The molecule has 51 heavy (non-hydrogen) atoms. The third-order valence-electron chi connectivity index (χ3n) is 8.16. The van der Waals surface area contributed by atoms with Gasteiger partial charge in [0.2, 0.25) is 0 Å². The van der Waals surface area contributed by atoms with Crippen LogP contribution in [0.25, 0.3) is 11.1 Å². The van der Waals surface area contributed by atoms with Crippen molar-refractivity contribution in [2.45, 2.75) is 33.6 Å². The van der Waals surface area contributed by atoms with Crippen LogP contribution in [0.3, 0.4) is 0 Å². The Hall–Kier alpha value is -2.49. The van der Waals surface area contributed by atoms with Crippen LogP contribution in [-0.2, 0) is 17.1 Å². The molecule has 1 radical (unpaired) electrons. The van der Waals surface area contributed by atoms with E-state index in [2.05, 4.69) is 30.3 Å². The van der Waals surface area contributed by atoms with Crippen molar-refractivity contribution < 1.29 is 57.8 Å². The molecule has 5 aromatic rings. The fourth-order valence-electron chi connectivity index (χ4n) is 6.18. The number of ether oxygens (including phenoxy) is 1. The third-order valence-corrected chi connectivity index (χ3v) is 8.91. The molecule has 5 aromatic carbocycles. The van der Waals surface area contributed by atoms with Crippen LogP contribution in [0.4, 0.5) is 5.69 Å². The minimum Gasteiger partial charge on any atom is -0.496 e. The molecule has 0 heterocycles. The number of methoxy groups -OCH3 is 1. The number of nitrogens with zero attached hydrogens (tertiary/aromatic N) is 1. The minimum atomic E-state index is -0.410. The topological polar surface area (TPSA) is 52.4 Å². The van der Waals surface area contributed by atoms with E-state index >= 15 is 0 Å². The third kappa shape index (κ3) is 10.1. The van der Waals surface area contributed by atoms with Gasteiger partial charge in [0.05, 0.1) is 12.0 Å². The van der Waals surface area contributed by atoms with Gasteiger partial charge in [0.1, 0.15) is 14.7 Å². The number of nitro groups is 1. The van der Waals surface area contributed by atoms with E-state index in [9.17, 15) is 10.1 Å². The van der Waals surface area contributed by atoms with Crippen LogP contribution in [0.1, 0.15) is 67.1 Å². The van der Waals surface area contributed by atoms with Gasteiger partial charge in [-0.05, 0) is 65.9 Å². The second kappa shape index (κ2) is 19.5. The number of benzene rings is 5. The largest absolute Gasteiger partial charge is 2.00 e. The number of hydrogen-bond donors (Lipinski definition) is 0. The van der Waals surface area contributed by atoms with E-state index < -0.39 is 4.92 Å². The van der Waals surface area contributed by atoms with E-state index in [0.717, 1.165) is 50.1 Å². The summed E-state index contributed by atoms with van der Waals surface area (Å²) >= 11 is 26.3. The first kappa shape index (κ1) is 44.7. The van der Waals surface area contributed by atoms with E-state index in [1.807, 2.05) is 75.4 Å². The predicted octanol–water partition coefficient (Wildman–Crippen LogP) is 12.5. The molecule has 0 aliphatic rings. The Labute approximate surface area is 355 Å². The summed E-state index contributed by atoms with van der Waals surface area (Å²) < 4.78 is 6.24. The summed E-state index contributed by atoms with van der Waals surface area (Å²) in [5.74, 6) is 0.336. The summed E-state index contributed by atoms with van der Waals surface area (Å²) in [6.45, 7) is 7.61. The monoisotopic (exact) mass is 1020 g/mol. The Balaban J connectivity index is 0.00000300. The molecule has 0 amide bonds. The predicted molar refractivity (Wildman–Crippen MR) is 205 cm³/mol. The van der Waals surface area contributed by atoms with Crippen LogP contribution in [0.15, 0.2) is 100.0 Å². The van der Waals surface area contributed by atoms with Gasteiger partial charge in [0.25, 0.3) is 5.69 Å². The second-order valence-corrected chi connectivity index (χ2v) is 13.5. The van der Waals surface area contributed by atoms with E-state index in [4.69, 9.17) is 51.1 Å². The van der Waals surface area contributed by atoms with Crippen molar-refractivity contribution in [1.82, 2.24) is 0 Å². The van der Waals surface area contributed by atoms with Crippen LogP contribution in [-0.4, -0.2) is 12.0 Å². The molecule has 0 N–H and O–H groups in total. The first-order valence-corrected chi connectivity index (χ1v) is 16.5. The first-order valence-electron chi connectivity index (χ1n) is 15.0. The van der Waals surface area contributed by atoms with Crippen molar-refractivity contribution in [2.75, 3.05) is 7.11 Å². The van der Waals surface area contributed by atoms with Crippen molar-refractivity contribution in [3.8, 4) is 5.75 Å². The summed E-state index contributed by atoms with van der Waals surface area (Å²) in [6.07, 6.45) is 0. The molecule has 5 rings (SSSR count). The van der Waals surface area contributed by atoms with Crippen molar-refractivity contribution >= 4 is 63.2 Å². The zero-order chi connectivity index (χ0) is 34.7. The smallest absolute Gasteiger partial charge is 0.496 e. The average Bonchev–Trinajstić information content (AvgIpc) is 3.01. The van der Waals surface area contributed by atoms with Gasteiger partial charge in [-0.2, -0.15) is 53.6 Å². The maximum Gasteiger partial charge on any atom is 2.00 e. The summed E-state index contributed by atoms with van der Waals surface area (Å²) in [4.78, 5) is 11.1. The normalized spacial score (nSPS) is 10.8. The van der Waals surface area contributed by atoms with Gasteiger partial charge in [0, 0.05) is 45.8 Å². The van der Waals surface area contributed by atoms with Gasteiger partial charge >= 0.3 is 31.1 Å². The summed E-state index contributed by atoms with van der Waals surface area (Å²) in [5.41, 5.74) is 10.3. The van der Waals surface area contributed by atoms with Crippen molar-refractivity contribution in [3.05, 3.63) is 191 Å². The Morgan fingerprint density at radius 3 is 1.86 bits per heavy atom. The quantitative estimate of drug-likeness (QED) is 0.0486. The summed E-state index contributed by atoms with van der Waals surface area (Å²) in [5, 5.41) is 11.5. The fourth-order valence-corrected chi connectivity index (χ4v) is 7.05. The molecule has 0 spiro atoms. The van der Waals surface area contributed by atoms with Gasteiger partial charge < -0.3 is 12.2 Å². The van der Waals surface area contributed by atoms with Gasteiger partial charge in [0.15, 0.2) is 0 Å². The maximum absolute atomic E-state index is 11.5. The molecule has 0 aliphatic heterocycles. The van der Waals surface area contributed by atoms with Crippen molar-refractivity contribution in [2.24, 2.45) is 0 Å². The molecular weight excluding hydrogens is 989 g/mol. The summed E-state index contributed by atoms with van der Waals surface area (Å²) in [6, 6.07) is 35.6. The van der Waals surface area contributed by atoms with Crippen LogP contribution >= 0.6 is 46.4 Å². The molecule has 261 valence electrons. The molecule has 0 aromatic heterocycles. The average molecular weight is 1020 g/mol. The van der Waals surface area contributed by atoms with Crippen molar-refractivity contribution in [1.29, 1.82) is 0 Å². The number of rotatable bonds is 9. The number of hydrogen-bond acceptors (Lipinski definition) is 3. The Morgan fingerprint density at radius 2 is 1.31 bits per heavy atom. The Kier molecular flexibility index (Phi) is 17.1. The number of aryl methyl sites for hydroxylation is 4. The van der Waals surface area contributed by atoms with Gasteiger partial charge in [-0.25, -0.2) is 0 Å². The number of halogens is 4. The van der Waals surface area contributed by atoms with Crippen LogP contribution < -0.4 is 4.74 Å². The standard InChI is InChI=1S/C40H31Cl4NO3.CH3.Mn.U/c1-23-10-9-13-28(16-23)36(39(41)42)31-18-24(2)17-30(21-31)35(27-11-7-6-8-12-27)33-22-32(20-26(4)38(33)48-5)37(40(43)44)29-14-15-34(45(46)47)25(3)19-29;;;/h6-9,11-16,18-22,35H,1-5H3;1H3;;/q-2;-1;;+2. The summed E-state index contributed by atoms with van der Waals surface area (Å²) in [7, 11) is 1.65. The number of nitro benzene ring substituents is 1. The minimum absolute atomic E-state index is 0. The van der Waals surface area contributed by atoms with E-state index in [0.29, 0.717) is 28.0 Å².